The normalized spacial score (nSPS) is 12.5. The highest BCUT2D eigenvalue weighted by molar-refractivity contribution is 5.99. The van der Waals surface area contributed by atoms with Gasteiger partial charge in [-0.15, -0.1) is 0 Å². The number of methoxy groups -OCH3 is 1. The van der Waals surface area contributed by atoms with E-state index in [-0.39, 0.29) is 18.7 Å². The minimum atomic E-state index is -1.05. The van der Waals surface area contributed by atoms with Gasteiger partial charge in [-0.2, -0.15) is 0 Å². The van der Waals surface area contributed by atoms with Crippen molar-refractivity contribution in [1.82, 2.24) is 10.2 Å². The van der Waals surface area contributed by atoms with Gasteiger partial charge in [-0.25, -0.2) is 4.79 Å². The van der Waals surface area contributed by atoms with Crippen LogP contribution in [-0.2, 0) is 20.7 Å². The molecule has 3 aromatic rings. The third-order valence-corrected chi connectivity index (χ3v) is 6.85. The van der Waals surface area contributed by atoms with Crippen LogP contribution >= 0.6 is 0 Å². The number of carbonyl (C=O) groups is 3. The topological polar surface area (TPSA) is 117 Å². The van der Waals surface area contributed by atoms with E-state index in [4.69, 9.17) is 9.47 Å². The van der Waals surface area contributed by atoms with E-state index >= 15 is 0 Å². The van der Waals surface area contributed by atoms with E-state index in [2.05, 4.69) is 10.6 Å². The molecule has 2 unspecified atom stereocenters. The highest BCUT2D eigenvalue weighted by Gasteiger charge is 2.36. The molecule has 0 radical (unpaired) electrons. The molecule has 0 spiro atoms. The quantitative estimate of drug-likeness (QED) is 0.286. The molecule has 3 aromatic carbocycles. The summed E-state index contributed by atoms with van der Waals surface area (Å²) in [6, 6.07) is 16.9. The molecule has 0 heterocycles. The Hall–Kier alpha value is -4.53. The summed E-state index contributed by atoms with van der Waals surface area (Å²) in [4.78, 5) is 42.6. The Morgan fingerprint density at radius 2 is 1.60 bits per heavy atom. The number of alkyl carbamates (subject to hydrolysis) is 1. The zero-order valence-electron chi connectivity index (χ0n) is 25.4. The fraction of sp³-hybridized carbons (Fsp3) is 0.364. The summed E-state index contributed by atoms with van der Waals surface area (Å²) < 4.78 is 10.7. The minimum absolute atomic E-state index is 0.0853. The van der Waals surface area contributed by atoms with Crippen molar-refractivity contribution < 1.29 is 29.0 Å². The zero-order valence-corrected chi connectivity index (χ0v) is 25.4. The predicted octanol–water partition coefficient (Wildman–Crippen LogP) is 5.68. The summed E-state index contributed by atoms with van der Waals surface area (Å²) in [6.07, 6.45) is -0.629. The fourth-order valence-electron chi connectivity index (χ4n) is 4.59. The predicted molar refractivity (Wildman–Crippen MR) is 163 cm³/mol. The molecule has 9 nitrogen and oxygen atoms in total. The van der Waals surface area contributed by atoms with Crippen LogP contribution in [0, 0.1) is 13.8 Å². The van der Waals surface area contributed by atoms with Crippen LogP contribution in [0.25, 0.3) is 0 Å². The Kier molecular flexibility index (Phi) is 10.6. The van der Waals surface area contributed by atoms with Gasteiger partial charge >= 0.3 is 6.09 Å². The Balaban J connectivity index is 2.03. The third-order valence-electron chi connectivity index (χ3n) is 6.85. The molecule has 0 aliphatic rings. The van der Waals surface area contributed by atoms with Crippen molar-refractivity contribution >= 4 is 23.6 Å². The van der Waals surface area contributed by atoms with Crippen molar-refractivity contribution in [2.75, 3.05) is 19.0 Å². The number of aromatic hydroxyl groups is 1. The summed E-state index contributed by atoms with van der Waals surface area (Å²) in [5.41, 5.74) is 3.02. The number of likely N-dealkylation sites (N-methyl/N-ethyl adjacent to an activating group) is 1. The number of nitrogens with zero attached hydrogens (tertiary/aromatic N) is 1. The second-order valence-electron chi connectivity index (χ2n) is 11.1. The number of ether oxygens (including phenoxy) is 2. The van der Waals surface area contributed by atoms with Crippen molar-refractivity contribution in [3.05, 3.63) is 89.0 Å². The van der Waals surface area contributed by atoms with Gasteiger partial charge in [0.2, 0.25) is 5.91 Å². The Morgan fingerprint density at radius 3 is 2.17 bits per heavy atom. The lowest BCUT2D eigenvalue weighted by atomic mass is 9.94. The van der Waals surface area contributed by atoms with E-state index in [1.807, 2.05) is 32.0 Å². The number of anilines is 1. The number of amides is 3. The first-order valence-electron chi connectivity index (χ1n) is 13.9. The van der Waals surface area contributed by atoms with Gasteiger partial charge < -0.3 is 30.1 Å². The maximum Gasteiger partial charge on any atom is 0.408 e. The second kappa shape index (κ2) is 13.9. The molecule has 0 saturated carbocycles. The Bertz CT molecular complexity index is 1380. The number of aryl methyl sites for hydroxylation is 1. The van der Waals surface area contributed by atoms with E-state index < -0.39 is 35.6 Å². The maximum atomic E-state index is 14.3. The SMILES string of the molecule is CCN(C(=O)C(Cc1ccc(O)cc1)NC(=O)OC(C)(C)C)C(C(=O)Nc1ccc(OC)cc1)c1cccc(C)c1C. The summed E-state index contributed by atoms with van der Waals surface area (Å²) in [5, 5.41) is 15.4. The monoisotopic (exact) mass is 575 g/mol. The molecule has 2 atom stereocenters. The molecule has 3 rings (SSSR count). The highest BCUT2D eigenvalue weighted by Crippen LogP contribution is 2.29. The molecule has 0 aromatic heterocycles. The fourth-order valence-corrected chi connectivity index (χ4v) is 4.59. The van der Waals surface area contributed by atoms with E-state index in [0.717, 1.165) is 11.1 Å². The molecule has 3 N–H and O–H groups in total. The smallest absolute Gasteiger partial charge is 0.408 e. The minimum Gasteiger partial charge on any atom is -0.508 e. The van der Waals surface area contributed by atoms with Crippen LogP contribution in [0.4, 0.5) is 10.5 Å². The average molecular weight is 576 g/mol. The van der Waals surface area contributed by atoms with Gasteiger partial charge in [0.1, 0.15) is 29.2 Å². The van der Waals surface area contributed by atoms with Crippen molar-refractivity contribution in [2.45, 2.75) is 65.6 Å². The molecule has 9 heteroatoms. The van der Waals surface area contributed by atoms with Gasteiger partial charge in [0.25, 0.3) is 5.91 Å². The Labute approximate surface area is 247 Å². The summed E-state index contributed by atoms with van der Waals surface area (Å²) in [6.45, 7) is 11.1. The first kappa shape index (κ1) is 32.0. The molecular formula is C33H41N3O6. The molecule has 224 valence electrons. The lowest BCUT2D eigenvalue weighted by molar-refractivity contribution is -0.140. The van der Waals surface area contributed by atoms with Crippen LogP contribution in [0.15, 0.2) is 66.7 Å². The number of benzene rings is 3. The molecule has 0 saturated heterocycles. The Morgan fingerprint density at radius 1 is 0.952 bits per heavy atom. The molecule has 0 aliphatic carbocycles. The van der Waals surface area contributed by atoms with E-state index in [1.54, 1.807) is 71.2 Å². The third kappa shape index (κ3) is 8.49. The lowest BCUT2D eigenvalue weighted by Gasteiger charge is -2.34. The summed E-state index contributed by atoms with van der Waals surface area (Å²) in [5.74, 6) is -0.117. The number of phenols is 1. The number of rotatable bonds is 10. The molecule has 3 amide bonds. The number of carbonyl (C=O) groups excluding carboxylic acids is 3. The maximum absolute atomic E-state index is 14.3. The zero-order chi connectivity index (χ0) is 31.0. The molecule has 0 aliphatic heterocycles. The second-order valence-corrected chi connectivity index (χ2v) is 11.1. The molecule has 0 bridgehead atoms. The number of nitrogens with one attached hydrogen (secondary N) is 2. The van der Waals surface area contributed by atoms with Crippen molar-refractivity contribution in [3.8, 4) is 11.5 Å². The standard InChI is InChI=1S/C33H41N3O6/c1-8-36(31(39)28(35-32(40)42-33(4,5)6)20-23-12-16-25(37)17-13-23)29(27-11-9-10-21(2)22(27)3)30(38)34-24-14-18-26(41-7)19-15-24/h9-19,28-29,37H,8,20H2,1-7H3,(H,34,38)(H,35,40). The van der Waals surface area contributed by atoms with Gasteiger partial charge in [0, 0.05) is 18.7 Å². The van der Waals surface area contributed by atoms with E-state index in [1.165, 1.54) is 17.0 Å². The first-order chi connectivity index (χ1) is 19.8. The van der Waals surface area contributed by atoms with Crippen LogP contribution in [0.1, 0.15) is 56.0 Å². The summed E-state index contributed by atoms with van der Waals surface area (Å²) >= 11 is 0. The summed E-state index contributed by atoms with van der Waals surface area (Å²) in [7, 11) is 1.56. The van der Waals surface area contributed by atoms with Crippen LogP contribution in [0.5, 0.6) is 11.5 Å². The highest BCUT2D eigenvalue weighted by atomic mass is 16.6. The van der Waals surface area contributed by atoms with Gasteiger partial charge in [-0.3, -0.25) is 9.59 Å². The van der Waals surface area contributed by atoms with E-state index in [9.17, 15) is 19.5 Å². The van der Waals surface area contributed by atoms with Gasteiger partial charge in [0.05, 0.1) is 7.11 Å². The lowest BCUT2D eigenvalue weighted by Crippen LogP contribution is -2.53. The average Bonchev–Trinajstić information content (AvgIpc) is 2.93. The van der Waals surface area contributed by atoms with Gasteiger partial charge in [-0.1, -0.05) is 30.3 Å². The van der Waals surface area contributed by atoms with Crippen LogP contribution in [-0.4, -0.2) is 53.2 Å². The number of hydrogen-bond donors (Lipinski definition) is 3. The molecular weight excluding hydrogens is 534 g/mol. The van der Waals surface area contributed by atoms with Gasteiger partial charge in [0.15, 0.2) is 0 Å². The number of hydrogen-bond acceptors (Lipinski definition) is 6. The van der Waals surface area contributed by atoms with Crippen LogP contribution in [0.2, 0.25) is 0 Å². The number of phenolic OH excluding ortho intramolecular Hbond substituents is 1. The van der Waals surface area contributed by atoms with Crippen molar-refractivity contribution in [3.63, 3.8) is 0 Å². The molecule has 0 fully saturated rings. The largest absolute Gasteiger partial charge is 0.508 e. The van der Waals surface area contributed by atoms with Crippen molar-refractivity contribution in [2.24, 2.45) is 0 Å². The van der Waals surface area contributed by atoms with Crippen LogP contribution < -0.4 is 15.4 Å². The first-order valence-corrected chi connectivity index (χ1v) is 13.9. The van der Waals surface area contributed by atoms with Gasteiger partial charge in [-0.05, 0) is 100 Å². The molecule has 42 heavy (non-hydrogen) atoms. The van der Waals surface area contributed by atoms with Crippen LogP contribution in [0.3, 0.4) is 0 Å². The van der Waals surface area contributed by atoms with Crippen molar-refractivity contribution in [1.29, 1.82) is 0 Å². The van der Waals surface area contributed by atoms with E-state index in [0.29, 0.717) is 22.6 Å².